The number of aromatic nitrogens is 2. The first-order valence-electron chi connectivity index (χ1n) is 10.8. The molecule has 4 amide bonds. The minimum atomic E-state index is -1.34. The van der Waals surface area contributed by atoms with Crippen molar-refractivity contribution in [3.63, 3.8) is 0 Å². The number of carbonyl (C=O) groups is 3. The van der Waals surface area contributed by atoms with Gasteiger partial charge in [0.05, 0.1) is 13.2 Å². The van der Waals surface area contributed by atoms with Crippen molar-refractivity contribution in [2.45, 2.75) is 26.3 Å². The molecule has 2 aromatic rings. The summed E-state index contributed by atoms with van der Waals surface area (Å²) in [4.78, 5) is 39.5. The van der Waals surface area contributed by atoms with Crippen LogP contribution in [0.25, 0.3) is 0 Å². The highest BCUT2D eigenvalue weighted by molar-refractivity contribution is 6.16. The standard InChI is InChI=1S/C22H27N5O6/c1-13-14(2)27(32)21(26(13)8-7-25-9-11-33-12-10-25)17(15-3-5-16(28)6-4-15)18-19(29)23-22(31)24-20(18)30/h3-6,17-18,28H,7-12H2,1-2H3,(H2,23,24,29,30,31). The molecule has 3 N–H and O–H groups in total. The number of urea groups is 1. The van der Waals surface area contributed by atoms with E-state index in [1.807, 2.05) is 11.5 Å². The van der Waals surface area contributed by atoms with E-state index in [4.69, 9.17) is 4.74 Å². The molecule has 0 saturated carbocycles. The molecule has 1 aromatic carbocycles. The Bertz CT molecular complexity index is 1050. The Labute approximate surface area is 190 Å². The Morgan fingerprint density at radius 2 is 1.70 bits per heavy atom. The van der Waals surface area contributed by atoms with E-state index in [-0.39, 0.29) is 11.6 Å². The third kappa shape index (κ3) is 4.41. The number of ether oxygens (including phenoxy) is 1. The molecule has 11 nitrogen and oxygen atoms in total. The van der Waals surface area contributed by atoms with Crippen LogP contribution in [0.15, 0.2) is 24.3 Å². The van der Waals surface area contributed by atoms with Crippen LogP contribution in [0.1, 0.15) is 28.7 Å². The molecule has 0 spiro atoms. The number of phenols is 1. The van der Waals surface area contributed by atoms with Crippen molar-refractivity contribution in [2.75, 3.05) is 32.8 Å². The van der Waals surface area contributed by atoms with Crippen molar-refractivity contribution < 1.29 is 29.0 Å². The van der Waals surface area contributed by atoms with Gasteiger partial charge >= 0.3 is 6.03 Å². The Kier molecular flexibility index (Phi) is 6.34. The summed E-state index contributed by atoms with van der Waals surface area (Å²) in [5, 5.41) is 27.4. The van der Waals surface area contributed by atoms with Crippen molar-refractivity contribution in [2.24, 2.45) is 5.92 Å². The lowest BCUT2D eigenvalue weighted by atomic mass is 9.83. The zero-order valence-corrected chi connectivity index (χ0v) is 18.5. The second kappa shape index (κ2) is 9.20. The first-order chi connectivity index (χ1) is 15.8. The summed E-state index contributed by atoms with van der Waals surface area (Å²) in [6.45, 7) is 7.50. The third-order valence-electron chi connectivity index (χ3n) is 6.36. The molecule has 0 radical (unpaired) electrons. The first-order valence-corrected chi connectivity index (χ1v) is 10.8. The minimum Gasteiger partial charge on any atom is -0.711 e. The molecule has 3 heterocycles. The summed E-state index contributed by atoms with van der Waals surface area (Å²) in [5.74, 6) is -3.64. The van der Waals surface area contributed by atoms with Gasteiger partial charge in [-0.2, -0.15) is 0 Å². The molecule has 2 fully saturated rings. The SMILES string of the molecule is Cc1c(C)[n+]([O-])c(C(c2ccc(O)cc2)C2C(=O)NC(=O)NC2=O)n1CCN1CCOCC1. The molecular formula is C22H27N5O6. The van der Waals surface area contributed by atoms with E-state index in [1.165, 1.54) is 12.1 Å². The van der Waals surface area contributed by atoms with E-state index in [2.05, 4.69) is 15.5 Å². The number of barbiturate groups is 1. The van der Waals surface area contributed by atoms with Crippen molar-refractivity contribution >= 4 is 17.8 Å². The summed E-state index contributed by atoms with van der Waals surface area (Å²) >= 11 is 0. The van der Waals surface area contributed by atoms with Gasteiger partial charge in [0, 0.05) is 33.5 Å². The smallest absolute Gasteiger partial charge is 0.328 e. The minimum absolute atomic E-state index is 0.00952. The number of nitrogens with one attached hydrogen (secondary N) is 2. The molecule has 0 bridgehead atoms. The summed E-state index contributed by atoms with van der Waals surface area (Å²) in [6, 6.07) is 5.11. The Balaban J connectivity index is 1.80. The molecule has 1 unspecified atom stereocenters. The predicted molar refractivity (Wildman–Crippen MR) is 115 cm³/mol. The predicted octanol–water partition coefficient (Wildman–Crippen LogP) is -0.110. The molecular weight excluding hydrogens is 430 g/mol. The van der Waals surface area contributed by atoms with E-state index in [0.29, 0.717) is 37.6 Å². The zero-order valence-electron chi connectivity index (χ0n) is 18.5. The highest BCUT2D eigenvalue weighted by Crippen LogP contribution is 2.34. The Hall–Kier alpha value is -3.44. The Morgan fingerprint density at radius 3 is 2.30 bits per heavy atom. The second-order valence-corrected chi connectivity index (χ2v) is 8.28. The van der Waals surface area contributed by atoms with Crippen LogP contribution in [0, 0.1) is 25.0 Å². The molecule has 1 atom stereocenters. The van der Waals surface area contributed by atoms with Crippen molar-refractivity contribution in [3.8, 4) is 5.75 Å². The van der Waals surface area contributed by atoms with E-state index in [0.717, 1.165) is 23.5 Å². The fourth-order valence-corrected chi connectivity index (χ4v) is 4.44. The van der Waals surface area contributed by atoms with Crippen LogP contribution >= 0.6 is 0 Å². The highest BCUT2D eigenvalue weighted by Gasteiger charge is 2.47. The molecule has 1 aromatic heterocycles. The number of hydrogen-bond acceptors (Lipinski definition) is 7. The number of carbonyl (C=O) groups excluding carboxylic acids is 3. The highest BCUT2D eigenvalue weighted by atomic mass is 16.5. The van der Waals surface area contributed by atoms with Gasteiger partial charge in [-0.1, -0.05) is 12.1 Å². The summed E-state index contributed by atoms with van der Waals surface area (Å²) in [5.41, 5.74) is 1.68. The number of imidazole rings is 1. The third-order valence-corrected chi connectivity index (χ3v) is 6.36. The molecule has 2 aliphatic rings. The molecule has 0 aliphatic carbocycles. The van der Waals surface area contributed by atoms with Crippen molar-refractivity contribution in [1.29, 1.82) is 0 Å². The number of amides is 4. The number of aromatic hydroxyl groups is 1. The molecule has 2 aliphatic heterocycles. The van der Waals surface area contributed by atoms with E-state index < -0.39 is 29.7 Å². The van der Waals surface area contributed by atoms with Crippen LogP contribution in [0.5, 0.6) is 5.75 Å². The number of nitrogens with zero attached hydrogens (tertiary/aromatic N) is 3. The Morgan fingerprint density at radius 1 is 1.09 bits per heavy atom. The molecule has 2 saturated heterocycles. The lowest BCUT2D eigenvalue weighted by Gasteiger charge is -2.29. The lowest BCUT2D eigenvalue weighted by Crippen LogP contribution is -2.58. The number of hydrogen-bond donors (Lipinski definition) is 3. The lowest BCUT2D eigenvalue weighted by molar-refractivity contribution is -0.621. The van der Waals surface area contributed by atoms with Crippen LogP contribution in [0.3, 0.4) is 0 Å². The van der Waals surface area contributed by atoms with Gasteiger partial charge in [0.1, 0.15) is 35.5 Å². The number of rotatable bonds is 6. The zero-order chi connectivity index (χ0) is 23.7. The topological polar surface area (TPSA) is 140 Å². The van der Waals surface area contributed by atoms with Gasteiger partial charge in [-0.25, -0.2) is 14.1 Å². The monoisotopic (exact) mass is 457 g/mol. The van der Waals surface area contributed by atoms with E-state index >= 15 is 0 Å². The molecule has 176 valence electrons. The van der Waals surface area contributed by atoms with E-state index in [1.54, 1.807) is 19.1 Å². The average Bonchev–Trinajstić information content (AvgIpc) is 2.99. The van der Waals surface area contributed by atoms with Crippen LogP contribution in [0.4, 0.5) is 4.79 Å². The number of imide groups is 2. The van der Waals surface area contributed by atoms with Crippen LogP contribution in [-0.2, 0) is 20.9 Å². The second-order valence-electron chi connectivity index (χ2n) is 8.28. The van der Waals surface area contributed by atoms with Gasteiger partial charge in [-0.15, -0.1) is 0 Å². The van der Waals surface area contributed by atoms with Gasteiger partial charge < -0.3 is 15.1 Å². The summed E-state index contributed by atoms with van der Waals surface area (Å²) < 4.78 is 7.99. The van der Waals surface area contributed by atoms with Gasteiger partial charge in [-0.3, -0.25) is 25.1 Å². The molecule has 33 heavy (non-hydrogen) atoms. The quantitative estimate of drug-likeness (QED) is 0.312. The van der Waals surface area contributed by atoms with Crippen molar-refractivity contribution in [3.05, 3.63) is 52.2 Å². The number of benzene rings is 1. The molecule has 11 heteroatoms. The van der Waals surface area contributed by atoms with Crippen molar-refractivity contribution in [1.82, 2.24) is 20.1 Å². The first kappa shape index (κ1) is 22.7. The van der Waals surface area contributed by atoms with Crippen LogP contribution in [0.2, 0.25) is 0 Å². The normalized spacial score (nSPS) is 18.8. The summed E-state index contributed by atoms with van der Waals surface area (Å²) in [6.07, 6.45) is 0. The number of phenolic OH excluding ortho intramolecular Hbond substituents is 1. The molecule has 4 rings (SSSR count). The fourth-order valence-electron chi connectivity index (χ4n) is 4.44. The average molecular weight is 457 g/mol. The van der Waals surface area contributed by atoms with Crippen LogP contribution in [-0.4, -0.2) is 65.3 Å². The van der Waals surface area contributed by atoms with Crippen LogP contribution < -0.4 is 15.4 Å². The maximum Gasteiger partial charge on any atom is 0.328 e. The van der Waals surface area contributed by atoms with Gasteiger partial charge in [-0.05, 0) is 17.7 Å². The number of morpholine rings is 1. The maximum absolute atomic E-state index is 13.3. The van der Waals surface area contributed by atoms with Gasteiger partial charge in [0.15, 0.2) is 0 Å². The fraction of sp³-hybridized carbons (Fsp3) is 0.455. The maximum atomic E-state index is 13.3. The van der Waals surface area contributed by atoms with Gasteiger partial charge in [0.2, 0.25) is 11.8 Å². The largest absolute Gasteiger partial charge is 0.711 e. The van der Waals surface area contributed by atoms with Gasteiger partial charge in [0.25, 0.3) is 5.82 Å². The van der Waals surface area contributed by atoms with E-state index in [9.17, 15) is 24.7 Å². The summed E-state index contributed by atoms with van der Waals surface area (Å²) in [7, 11) is 0.